The first kappa shape index (κ1) is 20.1. The largest absolute Gasteiger partial charge is 0.477 e. The first-order valence-electron chi connectivity index (χ1n) is 8.27. The minimum atomic E-state index is -1.21. The van der Waals surface area contributed by atoms with E-state index in [1.165, 1.54) is 17.4 Å². The fraction of sp³-hybridized carbons (Fsp3) is 0.0476. The van der Waals surface area contributed by atoms with Gasteiger partial charge < -0.3 is 15.2 Å². The van der Waals surface area contributed by atoms with Gasteiger partial charge in [0.1, 0.15) is 17.2 Å². The Morgan fingerprint density at radius 1 is 1.11 bits per heavy atom. The number of hydrogen-bond donors (Lipinski definition) is 2. The van der Waals surface area contributed by atoms with Crippen molar-refractivity contribution >= 4 is 51.9 Å². The fourth-order valence-electron chi connectivity index (χ4n) is 2.39. The highest BCUT2D eigenvalue weighted by Gasteiger charge is 2.16. The molecule has 142 valence electrons. The number of thiophene rings is 1. The van der Waals surface area contributed by atoms with Gasteiger partial charge >= 0.3 is 5.97 Å². The lowest BCUT2D eigenvalue weighted by molar-refractivity contribution is -0.132. The van der Waals surface area contributed by atoms with Crippen LogP contribution in [0.3, 0.4) is 0 Å². The van der Waals surface area contributed by atoms with Gasteiger partial charge in [-0.15, -0.1) is 11.3 Å². The number of carbonyl (C=O) groups is 2. The maximum atomic E-state index is 12.3. The van der Waals surface area contributed by atoms with Crippen LogP contribution in [0.4, 0.5) is 0 Å². The molecule has 2 N–H and O–H groups in total. The summed E-state index contributed by atoms with van der Waals surface area (Å²) in [5, 5.41) is 13.7. The van der Waals surface area contributed by atoms with Crippen LogP contribution in [-0.2, 0) is 4.79 Å². The highest BCUT2D eigenvalue weighted by molar-refractivity contribution is 14.1. The Morgan fingerprint density at radius 3 is 2.43 bits per heavy atom. The molecule has 0 fully saturated rings. The molecular formula is C21H16INO4S. The van der Waals surface area contributed by atoms with E-state index in [0.717, 1.165) is 14.9 Å². The summed E-state index contributed by atoms with van der Waals surface area (Å²) in [7, 11) is 0. The summed E-state index contributed by atoms with van der Waals surface area (Å²) in [4.78, 5) is 24.3. The van der Waals surface area contributed by atoms with Gasteiger partial charge in [0.25, 0.3) is 5.91 Å². The number of para-hydroxylation sites is 1. The van der Waals surface area contributed by atoms with E-state index in [2.05, 4.69) is 27.9 Å². The van der Waals surface area contributed by atoms with Crippen molar-refractivity contribution in [2.24, 2.45) is 0 Å². The quantitative estimate of drug-likeness (QED) is 0.352. The van der Waals surface area contributed by atoms with Crippen molar-refractivity contribution in [1.29, 1.82) is 0 Å². The average Bonchev–Trinajstić information content (AvgIpc) is 3.10. The van der Waals surface area contributed by atoms with Crippen LogP contribution in [0.2, 0.25) is 0 Å². The average molecular weight is 505 g/mol. The summed E-state index contributed by atoms with van der Waals surface area (Å²) in [6, 6.07) is 16.4. The van der Waals surface area contributed by atoms with Gasteiger partial charge in [0.2, 0.25) is 0 Å². The van der Waals surface area contributed by atoms with E-state index < -0.39 is 11.9 Å². The van der Waals surface area contributed by atoms with Crippen molar-refractivity contribution in [2.45, 2.75) is 6.92 Å². The normalized spacial score (nSPS) is 11.1. The van der Waals surface area contributed by atoms with Crippen molar-refractivity contribution in [3.8, 4) is 11.5 Å². The third kappa shape index (κ3) is 4.99. The molecule has 1 aromatic heterocycles. The molecule has 1 heterocycles. The molecule has 0 aliphatic heterocycles. The van der Waals surface area contributed by atoms with Crippen molar-refractivity contribution in [3.05, 3.63) is 85.2 Å². The third-order valence-electron chi connectivity index (χ3n) is 3.80. The summed E-state index contributed by atoms with van der Waals surface area (Å²) in [5.74, 6) is -0.255. The molecule has 0 aliphatic rings. The lowest BCUT2D eigenvalue weighted by atomic mass is 10.1. The topological polar surface area (TPSA) is 75.6 Å². The lowest BCUT2D eigenvalue weighted by Gasteiger charge is -2.08. The van der Waals surface area contributed by atoms with Crippen LogP contribution in [0.25, 0.3) is 6.08 Å². The highest BCUT2D eigenvalue weighted by Crippen LogP contribution is 2.26. The van der Waals surface area contributed by atoms with Crippen molar-refractivity contribution in [2.75, 3.05) is 0 Å². The Morgan fingerprint density at radius 2 is 1.82 bits per heavy atom. The van der Waals surface area contributed by atoms with Gasteiger partial charge in [-0.25, -0.2) is 4.79 Å². The molecule has 0 radical (unpaired) electrons. The number of carbonyl (C=O) groups excluding carboxylic acids is 1. The number of nitrogens with one attached hydrogen (secondary N) is 1. The molecule has 0 bridgehead atoms. The molecule has 3 aromatic rings. The predicted octanol–water partition coefficient (Wildman–Crippen LogP) is 5.31. The number of hydrogen-bond acceptors (Lipinski definition) is 4. The number of benzene rings is 2. The molecule has 0 atom stereocenters. The molecule has 2 aromatic carbocycles. The summed E-state index contributed by atoms with van der Waals surface area (Å²) >= 11 is 3.47. The minimum Gasteiger partial charge on any atom is -0.477 e. The van der Waals surface area contributed by atoms with Crippen LogP contribution in [-0.4, -0.2) is 17.0 Å². The fourth-order valence-corrected chi connectivity index (χ4v) is 3.71. The van der Waals surface area contributed by atoms with E-state index in [1.807, 2.05) is 37.3 Å². The molecule has 1 amide bonds. The molecule has 5 nitrogen and oxygen atoms in total. The number of aliphatic carboxylic acids is 1. The van der Waals surface area contributed by atoms with Gasteiger partial charge in [0, 0.05) is 0 Å². The lowest BCUT2D eigenvalue weighted by Crippen LogP contribution is -2.27. The van der Waals surface area contributed by atoms with Gasteiger partial charge in [-0.1, -0.05) is 24.3 Å². The maximum absolute atomic E-state index is 12.3. The van der Waals surface area contributed by atoms with Crippen LogP contribution in [0.15, 0.2) is 65.7 Å². The summed E-state index contributed by atoms with van der Waals surface area (Å²) in [6.07, 6.45) is 1.42. The highest BCUT2D eigenvalue weighted by atomic mass is 127. The Balaban J connectivity index is 1.76. The zero-order valence-corrected chi connectivity index (χ0v) is 17.8. The number of carboxylic acids is 1. The summed E-state index contributed by atoms with van der Waals surface area (Å²) in [5.41, 5.74) is 1.25. The smallest absolute Gasteiger partial charge is 0.352 e. The molecule has 0 unspecified atom stereocenters. The molecule has 28 heavy (non-hydrogen) atoms. The number of halogens is 1. The second kappa shape index (κ2) is 9.03. The van der Waals surface area contributed by atoms with Crippen LogP contribution in [0.5, 0.6) is 11.5 Å². The SMILES string of the molecule is Cc1ccsc1C(=O)N/C(=C/c1ccc(Oc2ccccc2I)cc1)C(=O)O. The molecular weight excluding hydrogens is 489 g/mol. The Labute approximate surface area is 179 Å². The molecule has 0 saturated heterocycles. The molecule has 0 saturated carbocycles. The maximum Gasteiger partial charge on any atom is 0.352 e. The molecule has 0 aliphatic carbocycles. The monoisotopic (exact) mass is 505 g/mol. The van der Waals surface area contributed by atoms with Crippen LogP contribution in [0.1, 0.15) is 20.8 Å². The van der Waals surface area contributed by atoms with Crippen LogP contribution >= 0.6 is 33.9 Å². The van der Waals surface area contributed by atoms with Gasteiger partial charge in [-0.05, 0) is 82.4 Å². The number of amides is 1. The standard InChI is InChI=1S/C21H16INO4S/c1-13-10-11-28-19(13)20(24)23-17(21(25)26)12-14-6-8-15(9-7-14)27-18-5-3-2-4-16(18)22/h2-12H,1H3,(H,23,24)(H,25,26)/b17-12+. The van der Waals surface area contributed by atoms with Crippen molar-refractivity contribution < 1.29 is 19.4 Å². The van der Waals surface area contributed by atoms with E-state index in [0.29, 0.717) is 16.2 Å². The first-order chi connectivity index (χ1) is 13.4. The zero-order valence-electron chi connectivity index (χ0n) is 14.8. The van der Waals surface area contributed by atoms with E-state index in [4.69, 9.17) is 4.74 Å². The third-order valence-corrected chi connectivity index (χ3v) is 5.71. The van der Waals surface area contributed by atoms with E-state index in [9.17, 15) is 14.7 Å². The van der Waals surface area contributed by atoms with Crippen LogP contribution < -0.4 is 10.1 Å². The molecule has 0 spiro atoms. The molecule has 3 rings (SSSR count). The van der Waals surface area contributed by atoms with Crippen molar-refractivity contribution in [3.63, 3.8) is 0 Å². The van der Waals surface area contributed by atoms with Crippen molar-refractivity contribution in [1.82, 2.24) is 5.32 Å². The Kier molecular flexibility index (Phi) is 6.48. The molecule has 7 heteroatoms. The van der Waals surface area contributed by atoms with Gasteiger partial charge in [0.15, 0.2) is 0 Å². The minimum absolute atomic E-state index is 0.191. The summed E-state index contributed by atoms with van der Waals surface area (Å²) < 4.78 is 6.82. The zero-order chi connectivity index (χ0) is 20.1. The van der Waals surface area contributed by atoms with Gasteiger partial charge in [-0.2, -0.15) is 0 Å². The van der Waals surface area contributed by atoms with Crippen LogP contribution in [0, 0.1) is 10.5 Å². The van der Waals surface area contributed by atoms with Gasteiger partial charge in [-0.3, -0.25) is 4.79 Å². The first-order valence-corrected chi connectivity index (χ1v) is 10.2. The Bertz CT molecular complexity index is 1040. The van der Waals surface area contributed by atoms with Gasteiger partial charge in [0.05, 0.1) is 8.45 Å². The van der Waals surface area contributed by atoms with E-state index in [1.54, 1.807) is 29.6 Å². The summed E-state index contributed by atoms with van der Waals surface area (Å²) in [6.45, 7) is 1.81. The van der Waals surface area contributed by atoms with E-state index >= 15 is 0 Å². The second-order valence-corrected chi connectivity index (χ2v) is 7.93. The number of rotatable bonds is 6. The number of carboxylic acid groups (broad SMARTS) is 1. The predicted molar refractivity (Wildman–Crippen MR) is 118 cm³/mol. The number of ether oxygens (including phenoxy) is 1. The Hall–Kier alpha value is -2.65. The second-order valence-electron chi connectivity index (χ2n) is 5.85. The van der Waals surface area contributed by atoms with E-state index in [-0.39, 0.29) is 5.70 Å². The number of aryl methyl sites for hydroxylation is 1.